The van der Waals surface area contributed by atoms with Crippen molar-refractivity contribution in [3.8, 4) is 0 Å². The van der Waals surface area contributed by atoms with Crippen molar-refractivity contribution >= 4 is 24.2 Å². The first-order chi connectivity index (χ1) is 9.97. The first kappa shape index (κ1) is 15.8. The predicted molar refractivity (Wildman–Crippen MR) is 83.6 cm³/mol. The van der Waals surface area contributed by atoms with E-state index in [1.54, 1.807) is 12.1 Å². The third-order valence-corrected chi connectivity index (χ3v) is 3.64. The van der Waals surface area contributed by atoms with Gasteiger partial charge in [0.2, 0.25) is 5.91 Å². The Bertz CT molecular complexity index is 471. The molecule has 1 fully saturated rings. The van der Waals surface area contributed by atoms with Gasteiger partial charge in [-0.25, -0.2) is 0 Å². The molecule has 0 saturated carbocycles. The Morgan fingerprint density at radius 3 is 2.19 bits per heavy atom. The van der Waals surface area contributed by atoms with Crippen molar-refractivity contribution in [3.05, 3.63) is 24.3 Å². The molecule has 2 rings (SSSR count). The molecule has 1 heterocycles. The number of anilines is 1. The summed E-state index contributed by atoms with van der Waals surface area (Å²) in [7, 11) is 2.36. The second-order valence-electron chi connectivity index (χ2n) is 5.57. The Morgan fingerprint density at radius 2 is 1.71 bits per heavy atom. The van der Waals surface area contributed by atoms with E-state index < -0.39 is 7.12 Å². The van der Waals surface area contributed by atoms with Crippen LogP contribution >= 0.6 is 0 Å². The molecule has 1 aromatic carbocycles. The van der Waals surface area contributed by atoms with Crippen LogP contribution in [0.1, 0.15) is 0 Å². The van der Waals surface area contributed by atoms with Crippen molar-refractivity contribution < 1.29 is 14.8 Å². The maximum atomic E-state index is 12.0. The molecular weight excluding hydrogens is 269 g/mol. The van der Waals surface area contributed by atoms with Crippen LogP contribution in [0, 0.1) is 0 Å². The molecule has 1 saturated heterocycles. The van der Waals surface area contributed by atoms with Crippen LogP contribution in [0.4, 0.5) is 5.69 Å². The van der Waals surface area contributed by atoms with Gasteiger partial charge in [-0.3, -0.25) is 4.79 Å². The quantitative estimate of drug-likeness (QED) is 0.666. The molecule has 6 nitrogen and oxygen atoms in total. The minimum atomic E-state index is -1.43. The zero-order valence-corrected chi connectivity index (χ0v) is 12.6. The van der Waals surface area contributed by atoms with Gasteiger partial charge in [-0.15, -0.1) is 0 Å². The fourth-order valence-electron chi connectivity index (χ4n) is 2.44. The molecule has 1 amide bonds. The SMILES string of the molecule is CN(C)CC(=O)N1CCN(c2ccc(B(O)O)cc2)CC1. The average molecular weight is 291 g/mol. The number of hydrogen-bond donors (Lipinski definition) is 2. The number of carbonyl (C=O) groups is 1. The Hall–Kier alpha value is -1.57. The van der Waals surface area contributed by atoms with E-state index in [2.05, 4.69) is 4.90 Å². The van der Waals surface area contributed by atoms with Gasteiger partial charge in [-0.1, -0.05) is 12.1 Å². The van der Waals surface area contributed by atoms with Crippen molar-refractivity contribution in [2.45, 2.75) is 0 Å². The molecule has 0 radical (unpaired) electrons. The van der Waals surface area contributed by atoms with E-state index in [4.69, 9.17) is 10.0 Å². The Morgan fingerprint density at radius 1 is 1.14 bits per heavy atom. The zero-order valence-electron chi connectivity index (χ0n) is 12.6. The lowest BCUT2D eigenvalue weighted by atomic mass is 9.80. The van der Waals surface area contributed by atoms with Gasteiger partial charge in [-0.2, -0.15) is 0 Å². The summed E-state index contributed by atoms with van der Waals surface area (Å²) in [5.74, 6) is 0.165. The van der Waals surface area contributed by atoms with Gasteiger partial charge in [0.15, 0.2) is 0 Å². The molecule has 1 aliphatic rings. The lowest BCUT2D eigenvalue weighted by Crippen LogP contribution is -2.50. The molecule has 0 spiro atoms. The van der Waals surface area contributed by atoms with E-state index >= 15 is 0 Å². The Labute approximate surface area is 125 Å². The average Bonchev–Trinajstić information content (AvgIpc) is 2.47. The lowest BCUT2D eigenvalue weighted by Gasteiger charge is -2.36. The summed E-state index contributed by atoms with van der Waals surface area (Å²) < 4.78 is 0. The van der Waals surface area contributed by atoms with E-state index in [1.807, 2.05) is 36.0 Å². The van der Waals surface area contributed by atoms with E-state index in [0.29, 0.717) is 12.0 Å². The van der Waals surface area contributed by atoms with Gasteiger partial charge in [0, 0.05) is 31.9 Å². The van der Waals surface area contributed by atoms with Crippen LogP contribution in [0.3, 0.4) is 0 Å². The van der Waals surface area contributed by atoms with Crippen molar-refractivity contribution in [1.29, 1.82) is 0 Å². The normalized spacial score (nSPS) is 15.5. The van der Waals surface area contributed by atoms with Gasteiger partial charge >= 0.3 is 7.12 Å². The summed E-state index contributed by atoms with van der Waals surface area (Å²) in [5.41, 5.74) is 1.53. The zero-order chi connectivity index (χ0) is 15.4. The van der Waals surface area contributed by atoms with Crippen LogP contribution in [0.2, 0.25) is 0 Å². The van der Waals surface area contributed by atoms with Crippen LogP contribution < -0.4 is 10.4 Å². The van der Waals surface area contributed by atoms with Gasteiger partial charge in [0.1, 0.15) is 0 Å². The van der Waals surface area contributed by atoms with Crippen LogP contribution in [0.25, 0.3) is 0 Å². The predicted octanol–water partition coefficient (Wildman–Crippen LogP) is -1.42. The van der Waals surface area contributed by atoms with Crippen molar-refractivity contribution in [2.75, 3.05) is 51.7 Å². The highest BCUT2D eigenvalue weighted by molar-refractivity contribution is 6.58. The van der Waals surface area contributed by atoms with Crippen molar-refractivity contribution in [2.24, 2.45) is 0 Å². The maximum absolute atomic E-state index is 12.0. The van der Waals surface area contributed by atoms with Gasteiger partial charge in [-0.05, 0) is 31.7 Å². The van der Waals surface area contributed by atoms with Gasteiger partial charge in [0.05, 0.1) is 6.54 Å². The number of hydrogen-bond acceptors (Lipinski definition) is 5. The number of carbonyl (C=O) groups excluding carboxylic acids is 1. The number of likely N-dealkylation sites (N-methyl/N-ethyl adjacent to an activating group) is 1. The summed E-state index contributed by atoms with van der Waals surface area (Å²) in [4.78, 5) is 18.0. The standard InChI is InChI=1S/C14H22BN3O3/c1-16(2)11-14(19)18-9-7-17(8-10-18)13-5-3-12(4-6-13)15(20)21/h3-6,20-21H,7-11H2,1-2H3. The van der Waals surface area contributed by atoms with E-state index in [9.17, 15) is 4.79 Å². The van der Waals surface area contributed by atoms with E-state index in [-0.39, 0.29) is 5.91 Å². The molecule has 0 aliphatic carbocycles. The first-order valence-electron chi connectivity index (χ1n) is 7.11. The van der Waals surface area contributed by atoms with E-state index in [1.165, 1.54) is 0 Å². The topological polar surface area (TPSA) is 67.3 Å². The summed E-state index contributed by atoms with van der Waals surface area (Å²) in [6.07, 6.45) is 0. The largest absolute Gasteiger partial charge is 0.488 e. The number of benzene rings is 1. The summed E-state index contributed by atoms with van der Waals surface area (Å²) >= 11 is 0. The molecule has 0 bridgehead atoms. The third kappa shape index (κ3) is 4.20. The van der Waals surface area contributed by atoms with Gasteiger partial charge < -0.3 is 24.7 Å². The third-order valence-electron chi connectivity index (χ3n) is 3.64. The second-order valence-corrected chi connectivity index (χ2v) is 5.57. The molecule has 0 unspecified atom stereocenters. The number of rotatable bonds is 4. The fraction of sp³-hybridized carbons (Fsp3) is 0.500. The monoisotopic (exact) mass is 291 g/mol. The smallest absolute Gasteiger partial charge is 0.423 e. The molecule has 0 aromatic heterocycles. The maximum Gasteiger partial charge on any atom is 0.488 e. The summed E-state index contributed by atoms with van der Waals surface area (Å²) in [6, 6.07) is 7.19. The molecule has 1 aromatic rings. The molecular formula is C14H22BN3O3. The highest BCUT2D eigenvalue weighted by Gasteiger charge is 2.21. The second kappa shape index (κ2) is 6.93. The molecule has 1 aliphatic heterocycles. The van der Waals surface area contributed by atoms with Crippen molar-refractivity contribution in [1.82, 2.24) is 9.80 Å². The lowest BCUT2D eigenvalue weighted by molar-refractivity contribution is -0.132. The fourth-order valence-corrected chi connectivity index (χ4v) is 2.44. The molecule has 114 valence electrons. The van der Waals surface area contributed by atoms with Crippen LogP contribution in [-0.4, -0.2) is 79.7 Å². The molecule has 0 atom stereocenters. The number of piperazine rings is 1. The minimum Gasteiger partial charge on any atom is -0.423 e. The van der Waals surface area contributed by atoms with Crippen LogP contribution in [-0.2, 0) is 4.79 Å². The van der Waals surface area contributed by atoms with Crippen LogP contribution in [0.15, 0.2) is 24.3 Å². The molecule has 21 heavy (non-hydrogen) atoms. The Balaban J connectivity index is 1.90. The minimum absolute atomic E-state index is 0.165. The van der Waals surface area contributed by atoms with Crippen LogP contribution in [0.5, 0.6) is 0 Å². The highest BCUT2D eigenvalue weighted by atomic mass is 16.4. The van der Waals surface area contributed by atoms with Gasteiger partial charge in [0.25, 0.3) is 0 Å². The van der Waals surface area contributed by atoms with E-state index in [0.717, 1.165) is 31.9 Å². The summed E-state index contributed by atoms with van der Waals surface area (Å²) in [6.45, 7) is 3.47. The number of amides is 1. The molecule has 2 N–H and O–H groups in total. The van der Waals surface area contributed by atoms with Crippen molar-refractivity contribution in [3.63, 3.8) is 0 Å². The summed E-state index contributed by atoms with van der Waals surface area (Å²) in [5, 5.41) is 18.2. The number of nitrogens with zero attached hydrogens (tertiary/aromatic N) is 3. The first-order valence-corrected chi connectivity index (χ1v) is 7.11. The highest BCUT2D eigenvalue weighted by Crippen LogP contribution is 2.15. The molecule has 7 heteroatoms. The Kier molecular flexibility index (Phi) is 5.22.